The minimum Gasteiger partial charge on any atom is -0.376 e. The number of nitrogens with zero attached hydrogens (tertiary/aromatic N) is 1. The molecule has 1 atom stereocenters. The monoisotopic (exact) mass is 368 g/mol. The van der Waals surface area contributed by atoms with Gasteiger partial charge in [0.25, 0.3) is 0 Å². The first-order chi connectivity index (χ1) is 13.1. The fraction of sp³-hybridized carbons (Fsp3) is 0.400. The molecule has 1 aromatic rings. The lowest BCUT2D eigenvalue weighted by atomic mass is 10.1. The topological polar surface area (TPSA) is 92.3 Å². The van der Waals surface area contributed by atoms with Crippen molar-refractivity contribution in [3.8, 4) is 0 Å². The number of carbonyl (C=O) groups excluding carboxylic acids is 1. The molecule has 0 spiro atoms. The van der Waals surface area contributed by atoms with Crippen molar-refractivity contribution < 1.29 is 4.79 Å². The maximum Gasteiger partial charge on any atom is 0.241 e. The van der Waals surface area contributed by atoms with E-state index in [1.54, 1.807) is 6.20 Å². The number of aryl methyl sites for hydroxylation is 1. The van der Waals surface area contributed by atoms with Gasteiger partial charge >= 0.3 is 0 Å². The van der Waals surface area contributed by atoms with E-state index in [0.29, 0.717) is 18.9 Å². The molecule has 1 amide bonds. The number of amidine groups is 1. The predicted molar refractivity (Wildman–Crippen MR) is 108 cm³/mol. The van der Waals surface area contributed by atoms with Crippen LogP contribution in [0, 0.1) is 12.3 Å². The number of benzene rings is 1. The molecule has 1 fully saturated rings. The standard InChI is InChI=1S/C20H28N6O/c1-14-5-3-6-15(11-14)24-12-18(27)26-10-4-7-16(13-26)25-20(22-2)17-8-9-23-19(17)21/h3,5-6,8-9,11,16,22,24-25H,4,7,10,12-13H2,1-2H3,(H2,21,23)/b20-17+/t16-/m0/s1. The van der Waals surface area contributed by atoms with Crippen molar-refractivity contribution in [2.24, 2.45) is 0 Å². The van der Waals surface area contributed by atoms with E-state index in [2.05, 4.69) is 21.3 Å². The van der Waals surface area contributed by atoms with E-state index in [-0.39, 0.29) is 11.9 Å². The van der Waals surface area contributed by atoms with Crippen LogP contribution in [0.4, 0.5) is 5.69 Å². The molecule has 2 aliphatic rings. The molecule has 3 rings (SSSR count). The van der Waals surface area contributed by atoms with Gasteiger partial charge in [-0.25, -0.2) is 0 Å². The van der Waals surface area contributed by atoms with Crippen LogP contribution in [0.2, 0.25) is 0 Å². The van der Waals surface area contributed by atoms with E-state index >= 15 is 0 Å². The molecular formula is C20H28N6O. The summed E-state index contributed by atoms with van der Waals surface area (Å²) in [4.78, 5) is 14.5. The number of nitrogens with one attached hydrogen (secondary N) is 5. The van der Waals surface area contributed by atoms with E-state index < -0.39 is 0 Å². The Morgan fingerprint density at radius 3 is 2.96 bits per heavy atom. The Morgan fingerprint density at radius 2 is 2.26 bits per heavy atom. The molecule has 0 saturated carbocycles. The highest BCUT2D eigenvalue weighted by atomic mass is 16.2. The highest BCUT2D eigenvalue weighted by Crippen LogP contribution is 2.15. The van der Waals surface area contributed by atoms with Crippen LogP contribution < -0.4 is 21.3 Å². The first-order valence-corrected chi connectivity index (χ1v) is 9.35. The third kappa shape index (κ3) is 4.81. The molecule has 144 valence electrons. The van der Waals surface area contributed by atoms with E-state index in [0.717, 1.165) is 36.5 Å². The highest BCUT2D eigenvalue weighted by molar-refractivity contribution is 6.02. The summed E-state index contributed by atoms with van der Waals surface area (Å²) in [6.45, 7) is 3.79. The number of rotatable bonds is 6. The van der Waals surface area contributed by atoms with E-state index in [4.69, 9.17) is 5.41 Å². The number of piperidine rings is 1. The Morgan fingerprint density at radius 1 is 1.41 bits per heavy atom. The van der Waals surface area contributed by atoms with Crippen LogP contribution in [-0.2, 0) is 4.79 Å². The number of carbonyl (C=O) groups is 1. The zero-order valence-corrected chi connectivity index (χ0v) is 15.9. The molecule has 0 unspecified atom stereocenters. The van der Waals surface area contributed by atoms with Crippen molar-refractivity contribution in [2.75, 3.05) is 32.0 Å². The summed E-state index contributed by atoms with van der Waals surface area (Å²) in [5.74, 6) is 1.30. The number of amides is 1. The van der Waals surface area contributed by atoms with Crippen LogP contribution in [0.15, 0.2) is 47.9 Å². The first kappa shape index (κ1) is 18.8. The lowest BCUT2D eigenvalue weighted by Crippen LogP contribution is -2.50. The summed E-state index contributed by atoms with van der Waals surface area (Å²) < 4.78 is 0. The van der Waals surface area contributed by atoms with Crippen LogP contribution in [0.3, 0.4) is 0 Å². The smallest absolute Gasteiger partial charge is 0.241 e. The quantitative estimate of drug-likeness (QED) is 0.525. The Labute approximate surface area is 160 Å². The van der Waals surface area contributed by atoms with Crippen molar-refractivity contribution in [3.05, 3.63) is 53.5 Å². The van der Waals surface area contributed by atoms with E-state index in [1.165, 1.54) is 5.56 Å². The molecule has 0 bridgehead atoms. The van der Waals surface area contributed by atoms with Crippen LogP contribution in [0.25, 0.3) is 0 Å². The van der Waals surface area contributed by atoms with Crippen molar-refractivity contribution in [2.45, 2.75) is 25.8 Å². The lowest BCUT2D eigenvalue weighted by Gasteiger charge is -2.34. The van der Waals surface area contributed by atoms with Crippen LogP contribution in [0.5, 0.6) is 0 Å². The van der Waals surface area contributed by atoms with Gasteiger partial charge < -0.3 is 26.2 Å². The van der Waals surface area contributed by atoms with Crippen molar-refractivity contribution in [3.63, 3.8) is 0 Å². The molecule has 0 aliphatic carbocycles. The van der Waals surface area contributed by atoms with Crippen LogP contribution >= 0.6 is 0 Å². The van der Waals surface area contributed by atoms with Gasteiger partial charge in [0.1, 0.15) is 11.7 Å². The summed E-state index contributed by atoms with van der Waals surface area (Å²) in [5, 5.41) is 20.6. The molecule has 1 aromatic carbocycles. The second-order valence-corrected chi connectivity index (χ2v) is 6.94. The van der Waals surface area contributed by atoms with Gasteiger partial charge in [-0.15, -0.1) is 0 Å². The van der Waals surface area contributed by atoms with Gasteiger partial charge in [0.05, 0.1) is 12.1 Å². The molecule has 5 N–H and O–H groups in total. The summed E-state index contributed by atoms with van der Waals surface area (Å²) in [6.07, 6.45) is 5.59. The Hall–Kier alpha value is -2.96. The first-order valence-electron chi connectivity index (χ1n) is 9.35. The third-order valence-corrected chi connectivity index (χ3v) is 4.85. The fourth-order valence-corrected chi connectivity index (χ4v) is 3.43. The van der Waals surface area contributed by atoms with Gasteiger partial charge in [-0.1, -0.05) is 12.1 Å². The van der Waals surface area contributed by atoms with Crippen LogP contribution in [-0.4, -0.2) is 49.4 Å². The summed E-state index contributed by atoms with van der Waals surface area (Å²) in [6, 6.07) is 8.20. The number of hydrogen-bond donors (Lipinski definition) is 5. The minimum absolute atomic E-state index is 0.108. The number of hydrogen-bond acceptors (Lipinski definition) is 5. The number of anilines is 1. The molecule has 1 saturated heterocycles. The van der Waals surface area contributed by atoms with Gasteiger partial charge in [-0.05, 0) is 43.5 Å². The van der Waals surface area contributed by atoms with Gasteiger partial charge in [0.2, 0.25) is 5.91 Å². The van der Waals surface area contributed by atoms with Crippen LogP contribution in [0.1, 0.15) is 18.4 Å². The molecular weight excluding hydrogens is 340 g/mol. The zero-order chi connectivity index (χ0) is 19.2. The lowest BCUT2D eigenvalue weighted by molar-refractivity contribution is -0.130. The largest absolute Gasteiger partial charge is 0.376 e. The highest BCUT2D eigenvalue weighted by Gasteiger charge is 2.25. The summed E-state index contributed by atoms with van der Waals surface area (Å²) in [7, 11) is 1.84. The Bertz CT molecular complexity index is 769. The molecule has 2 heterocycles. The van der Waals surface area contributed by atoms with Crippen molar-refractivity contribution >= 4 is 17.4 Å². The van der Waals surface area contributed by atoms with E-state index in [9.17, 15) is 4.79 Å². The predicted octanol–water partition coefficient (Wildman–Crippen LogP) is 1.51. The average Bonchev–Trinajstić information content (AvgIpc) is 3.10. The van der Waals surface area contributed by atoms with Gasteiger partial charge in [0, 0.05) is 38.1 Å². The maximum atomic E-state index is 12.6. The molecule has 27 heavy (non-hydrogen) atoms. The molecule has 7 nitrogen and oxygen atoms in total. The zero-order valence-electron chi connectivity index (χ0n) is 15.9. The number of likely N-dealkylation sites (tertiary alicyclic amines) is 1. The normalized spacial score (nSPS) is 20.9. The molecule has 0 aromatic heterocycles. The second-order valence-electron chi connectivity index (χ2n) is 6.94. The molecule has 7 heteroatoms. The van der Waals surface area contributed by atoms with Gasteiger partial charge in [0.15, 0.2) is 0 Å². The van der Waals surface area contributed by atoms with Crippen molar-refractivity contribution in [1.82, 2.24) is 20.9 Å². The van der Waals surface area contributed by atoms with Crippen molar-refractivity contribution in [1.29, 1.82) is 5.41 Å². The Kier molecular flexibility index (Phi) is 6.01. The fourth-order valence-electron chi connectivity index (χ4n) is 3.43. The van der Waals surface area contributed by atoms with Gasteiger partial charge in [-0.2, -0.15) is 0 Å². The Balaban J connectivity index is 1.56. The third-order valence-electron chi connectivity index (χ3n) is 4.85. The van der Waals surface area contributed by atoms with Gasteiger partial charge in [-0.3, -0.25) is 10.2 Å². The minimum atomic E-state index is 0.108. The summed E-state index contributed by atoms with van der Waals surface area (Å²) >= 11 is 0. The molecule has 0 radical (unpaired) electrons. The maximum absolute atomic E-state index is 12.6. The second kappa shape index (κ2) is 8.62. The SMILES string of the molecule is CN/C(N[C@H]1CCCN(C(=O)CNc2cccc(C)c2)C1)=C1/C=CNC1=N. The van der Waals surface area contributed by atoms with E-state index in [1.807, 2.05) is 49.2 Å². The molecule has 2 aliphatic heterocycles. The summed E-state index contributed by atoms with van der Waals surface area (Å²) in [5.41, 5.74) is 2.95. The average molecular weight is 368 g/mol.